The van der Waals surface area contributed by atoms with Crippen LogP contribution in [0.1, 0.15) is 5.56 Å². The summed E-state index contributed by atoms with van der Waals surface area (Å²) in [4.78, 5) is 9.57. The lowest BCUT2D eigenvalue weighted by molar-refractivity contribution is -0.386. The van der Waals surface area contributed by atoms with Gasteiger partial charge in [-0.25, -0.2) is 0 Å². The number of nitrogens with zero attached hydrogens (tertiary/aromatic N) is 1. The lowest BCUT2D eigenvalue weighted by Crippen LogP contribution is -2.09. The summed E-state index contributed by atoms with van der Waals surface area (Å²) in [5.41, 5.74) is -2.47. The Morgan fingerprint density at radius 1 is 1.05 bits per heavy atom. The van der Waals surface area contributed by atoms with Crippen molar-refractivity contribution in [2.75, 3.05) is 0 Å². The zero-order valence-electron chi connectivity index (χ0n) is 9.89. The molecule has 0 aliphatic heterocycles. The van der Waals surface area contributed by atoms with Crippen LogP contribution in [0.15, 0.2) is 42.5 Å². The topological polar surface area (TPSA) is 63.4 Å². The van der Waals surface area contributed by atoms with Crippen LogP contribution < -0.4 is 0 Å². The van der Waals surface area contributed by atoms with E-state index in [1.165, 1.54) is 24.3 Å². The second-order valence-corrected chi connectivity index (χ2v) is 3.98. The van der Waals surface area contributed by atoms with Crippen molar-refractivity contribution >= 4 is 5.69 Å². The SMILES string of the molecule is O=[N+]([O-])c1ccc(-c2ccccc2)c(C(F)(F)F)c1O. The molecule has 0 unspecified atom stereocenters. The molecule has 0 saturated heterocycles. The number of hydrogen-bond donors (Lipinski definition) is 1. The van der Waals surface area contributed by atoms with Crippen LogP contribution >= 0.6 is 0 Å². The minimum absolute atomic E-state index is 0.213. The Bertz CT molecular complexity index is 654. The molecule has 2 aromatic rings. The molecule has 2 rings (SSSR count). The highest BCUT2D eigenvalue weighted by atomic mass is 19.4. The highest BCUT2D eigenvalue weighted by Gasteiger charge is 2.40. The maximum atomic E-state index is 13.1. The van der Waals surface area contributed by atoms with Crippen LogP contribution in [0.5, 0.6) is 5.75 Å². The van der Waals surface area contributed by atoms with Crippen LogP contribution in [0.2, 0.25) is 0 Å². The maximum Gasteiger partial charge on any atom is 0.420 e. The largest absolute Gasteiger partial charge is 0.502 e. The summed E-state index contributed by atoms with van der Waals surface area (Å²) in [5, 5.41) is 20.2. The average molecular weight is 283 g/mol. The first-order valence-electron chi connectivity index (χ1n) is 5.45. The first kappa shape index (κ1) is 13.9. The minimum atomic E-state index is -4.90. The van der Waals surface area contributed by atoms with Gasteiger partial charge in [-0.3, -0.25) is 10.1 Å². The predicted molar refractivity (Wildman–Crippen MR) is 65.2 cm³/mol. The summed E-state index contributed by atoms with van der Waals surface area (Å²) < 4.78 is 39.2. The summed E-state index contributed by atoms with van der Waals surface area (Å²) >= 11 is 0. The number of phenols is 1. The van der Waals surface area contributed by atoms with Gasteiger partial charge in [0, 0.05) is 6.07 Å². The van der Waals surface area contributed by atoms with Crippen molar-refractivity contribution in [1.82, 2.24) is 0 Å². The molecule has 0 aromatic heterocycles. The van der Waals surface area contributed by atoms with E-state index < -0.39 is 28.1 Å². The van der Waals surface area contributed by atoms with Crippen molar-refractivity contribution < 1.29 is 23.2 Å². The van der Waals surface area contributed by atoms with E-state index in [2.05, 4.69) is 0 Å². The van der Waals surface area contributed by atoms with Crippen molar-refractivity contribution in [3.63, 3.8) is 0 Å². The van der Waals surface area contributed by atoms with Gasteiger partial charge < -0.3 is 5.11 Å². The van der Waals surface area contributed by atoms with Gasteiger partial charge in [0.15, 0.2) is 0 Å². The van der Waals surface area contributed by atoms with Crippen LogP contribution in [0.4, 0.5) is 18.9 Å². The number of benzene rings is 2. The van der Waals surface area contributed by atoms with E-state index in [4.69, 9.17) is 0 Å². The molecular formula is C13H8F3NO3. The number of halogens is 3. The van der Waals surface area contributed by atoms with Crippen LogP contribution in [-0.4, -0.2) is 10.0 Å². The van der Waals surface area contributed by atoms with Gasteiger partial charge in [-0.2, -0.15) is 13.2 Å². The van der Waals surface area contributed by atoms with Crippen LogP contribution in [-0.2, 0) is 6.18 Å². The van der Waals surface area contributed by atoms with Gasteiger partial charge in [-0.1, -0.05) is 30.3 Å². The molecule has 20 heavy (non-hydrogen) atoms. The molecule has 0 spiro atoms. The van der Waals surface area contributed by atoms with Crippen LogP contribution in [0, 0.1) is 10.1 Å². The van der Waals surface area contributed by atoms with Gasteiger partial charge >= 0.3 is 11.9 Å². The van der Waals surface area contributed by atoms with Crippen molar-refractivity contribution in [2.24, 2.45) is 0 Å². The second kappa shape index (κ2) is 4.84. The summed E-state index contributed by atoms with van der Waals surface area (Å²) in [6, 6.07) is 9.39. The molecule has 7 heteroatoms. The van der Waals surface area contributed by atoms with Gasteiger partial charge in [0.05, 0.1) is 4.92 Å². The molecule has 0 aliphatic rings. The number of nitro benzene ring substituents is 1. The highest BCUT2D eigenvalue weighted by molar-refractivity contribution is 5.74. The fourth-order valence-electron chi connectivity index (χ4n) is 1.87. The molecular weight excluding hydrogens is 275 g/mol. The van der Waals surface area contributed by atoms with Crippen LogP contribution in [0.3, 0.4) is 0 Å². The number of phenolic OH excluding ortho intramolecular Hbond substituents is 1. The van der Waals surface area contributed by atoms with Crippen LogP contribution in [0.25, 0.3) is 11.1 Å². The van der Waals surface area contributed by atoms with Gasteiger partial charge in [0.1, 0.15) is 5.56 Å². The van der Waals surface area contributed by atoms with E-state index in [0.29, 0.717) is 0 Å². The van der Waals surface area contributed by atoms with Crippen molar-refractivity contribution in [1.29, 1.82) is 0 Å². The molecule has 0 saturated carbocycles. The molecule has 104 valence electrons. The van der Waals surface area contributed by atoms with E-state index in [1.54, 1.807) is 6.07 Å². The Labute approximate surface area is 111 Å². The maximum absolute atomic E-state index is 13.1. The molecule has 0 aliphatic carbocycles. The first-order chi connectivity index (χ1) is 9.32. The third-order valence-electron chi connectivity index (χ3n) is 2.72. The van der Waals surface area contributed by atoms with Gasteiger partial charge in [0.25, 0.3) is 0 Å². The van der Waals surface area contributed by atoms with Crippen molar-refractivity contribution in [3.8, 4) is 16.9 Å². The Morgan fingerprint density at radius 3 is 2.15 bits per heavy atom. The lowest BCUT2D eigenvalue weighted by atomic mass is 9.97. The fraction of sp³-hybridized carbons (Fsp3) is 0.0769. The third kappa shape index (κ3) is 2.42. The highest BCUT2D eigenvalue weighted by Crippen LogP contribution is 2.46. The number of aromatic hydroxyl groups is 1. The molecule has 4 nitrogen and oxygen atoms in total. The minimum Gasteiger partial charge on any atom is -0.502 e. The van der Waals surface area contributed by atoms with E-state index in [9.17, 15) is 28.4 Å². The molecule has 2 aromatic carbocycles. The van der Waals surface area contributed by atoms with Gasteiger partial charge in [-0.05, 0) is 17.2 Å². The zero-order valence-corrected chi connectivity index (χ0v) is 9.89. The van der Waals surface area contributed by atoms with E-state index in [0.717, 1.165) is 12.1 Å². The van der Waals surface area contributed by atoms with E-state index in [1.807, 2.05) is 0 Å². The molecule has 0 atom stereocenters. The summed E-state index contributed by atoms with van der Waals surface area (Å²) in [6.45, 7) is 0. The van der Waals surface area contributed by atoms with E-state index in [-0.39, 0.29) is 11.1 Å². The Morgan fingerprint density at radius 2 is 1.65 bits per heavy atom. The molecule has 1 N–H and O–H groups in total. The number of nitro groups is 1. The molecule has 0 bridgehead atoms. The Balaban J connectivity index is 2.77. The summed E-state index contributed by atoms with van der Waals surface area (Å²) in [5.74, 6) is -1.37. The van der Waals surface area contributed by atoms with Gasteiger partial charge in [0.2, 0.25) is 5.75 Å². The zero-order chi connectivity index (χ0) is 14.9. The molecule has 0 amide bonds. The number of rotatable bonds is 2. The molecule has 0 fully saturated rings. The standard InChI is InChI=1S/C13H8F3NO3/c14-13(15,16)11-9(8-4-2-1-3-5-8)6-7-10(12(11)18)17(19)20/h1-7,18H. The van der Waals surface area contributed by atoms with Crippen molar-refractivity contribution in [2.45, 2.75) is 6.18 Å². The van der Waals surface area contributed by atoms with E-state index >= 15 is 0 Å². The summed E-state index contributed by atoms with van der Waals surface area (Å²) in [6.07, 6.45) is -4.90. The Hall–Kier alpha value is -2.57. The Kier molecular flexibility index (Phi) is 3.35. The number of alkyl halides is 3. The van der Waals surface area contributed by atoms with Gasteiger partial charge in [-0.15, -0.1) is 0 Å². The quantitative estimate of drug-likeness (QED) is 0.669. The molecule has 0 radical (unpaired) electrons. The normalized spacial score (nSPS) is 11.3. The molecule has 0 heterocycles. The number of hydrogen-bond acceptors (Lipinski definition) is 3. The summed E-state index contributed by atoms with van der Waals surface area (Å²) in [7, 11) is 0. The average Bonchev–Trinajstić information content (AvgIpc) is 2.37. The fourth-order valence-corrected chi connectivity index (χ4v) is 1.87. The first-order valence-corrected chi connectivity index (χ1v) is 5.45. The monoisotopic (exact) mass is 283 g/mol. The second-order valence-electron chi connectivity index (χ2n) is 3.98. The van der Waals surface area contributed by atoms with Crippen molar-refractivity contribution in [3.05, 3.63) is 58.1 Å². The smallest absolute Gasteiger partial charge is 0.420 e. The predicted octanol–water partition coefficient (Wildman–Crippen LogP) is 3.99. The third-order valence-corrected chi connectivity index (χ3v) is 2.72. The lowest BCUT2D eigenvalue weighted by Gasteiger charge is -2.14.